The Balaban J connectivity index is 3.10. The van der Waals surface area contributed by atoms with Gasteiger partial charge in [0.1, 0.15) is 0 Å². The second-order valence-corrected chi connectivity index (χ2v) is 2.55. The topological polar surface area (TPSA) is 37.3 Å². The van der Waals surface area contributed by atoms with Gasteiger partial charge in [-0.1, -0.05) is 31.9 Å². The van der Waals surface area contributed by atoms with Crippen molar-refractivity contribution >= 4 is 5.97 Å². The number of allylic oxidation sites excluding steroid dienone is 2. The van der Waals surface area contributed by atoms with Crippen LogP contribution in [0.4, 0.5) is 0 Å². The van der Waals surface area contributed by atoms with Crippen LogP contribution in [0.25, 0.3) is 0 Å². The zero-order chi connectivity index (χ0) is 8.53. The van der Waals surface area contributed by atoms with Crippen LogP contribution in [0.3, 0.4) is 0 Å². The van der Waals surface area contributed by atoms with Gasteiger partial charge in [-0.05, 0) is 12.8 Å². The Labute approximate surface area is 67.9 Å². The third-order valence-electron chi connectivity index (χ3n) is 1.42. The minimum absolute atomic E-state index is 0.253. The van der Waals surface area contributed by atoms with E-state index in [-0.39, 0.29) is 6.42 Å². The molecular weight excluding hydrogens is 140 g/mol. The molecule has 2 heteroatoms. The molecule has 0 heterocycles. The van der Waals surface area contributed by atoms with Gasteiger partial charge < -0.3 is 5.11 Å². The maximum Gasteiger partial charge on any atom is 0.303 e. The van der Waals surface area contributed by atoms with Crippen molar-refractivity contribution in [3.63, 3.8) is 0 Å². The van der Waals surface area contributed by atoms with Crippen LogP contribution < -0.4 is 0 Å². The van der Waals surface area contributed by atoms with Crippen molar-refractivity contribution in [3.8, 4) is 0 Å². The van der Waals surface area contributed by atoms with Gasteiger partial charge in [0.15, 0.2) is 0 Å². The zero-order valence-corrected chi connectivity index (χ0v) is 7.05. The lowest BCUT2D eigenvalue weighted by Gasteiger charge is -1.88. The number of rotatable bonds is 6. The maximum absolute atomic E-state index is 10.1. The quantitative estimate of drug-likeness (QED) is 0.474. The van der Waals surface area contributed by atoms with Crippen molar-refractivity contribution in [2.45, 2.75) is 39.0 Å². The lowest BCUT2D eigenvalue weighted by atomic mass is 10.2. The van der Waals surface area contributed by atoms with Gasteiger partial charge in [0.2, 0.25) is 0 Å². The number of carboxylic acids is 1. The van der Waals surface area contributed by atoms with Gasteiger partial charge in [-0.25, -0.2) is 0 Å². The first-order valence-electron chi connectivity index (χ1n) is 4.14. The molecule has 0 spiro atoms. The molecule has 0 atom stereocenters. The molecule has 0 aliphatic carbocycles. The predicted octanol–water partition coefficient (Wildman–Crippen LogP) is 2.60. The number of hydrogen-bond donors (Lipinski definition) is 1. The zero-order valence-electron chi connectivity index (χ0n) is 7.05. The largest absolute Gasteiger partial charge is 0.481 e. The highest BCUT2D eigenvalue weighted by molar-refractivity contribution is 5.66. The molecular formula is C9H16O2. The summed E-state index contributed by atoms with van der Waals surface area (Å²) in [6.07, 6.45) is 8.40. The van der Waals surface area contributed by atoms with Crippen LogP contribution in [0, 0.1) is 0 Å². The first-order valence-corrected chi connectivity index (χ1v) is 4.14. The highest BCUT2D eigenvalue weighted by Crippen LogP contribution is 1.97. The Kier molecular flexibility index (Phi) is 6.79. The average molecular weight is 156 g/mol. The minimum Gasteiger partial charge on any atom is -0.481 e. The van der Waals surface area contributed by atoms with E-state index in [9.17, 15) is 4.79 Å². The second kappa shape index (κ2) is 7.32. The Morgan fingerprint density at radius 2 is 2.00 bits per heavy atom. The summed E-state index contributed by atoms with van der Waals surface area (Å²) in [6.45, 7) is 2.14. The first kappa shape index (κ1) is 10.2. The molecule has 0 aromatic carbocycles. The summed E-state index contributed by atoms with van der Waals surface area (Å²) < 4.78 is 0. The molecule has 64 valence electrons. The first-order chi connectivity index (χ1) is 5.27. The molecule has 0 fully saturated rings. The molecule has 11 heavy (non-hydrogen) atoms. The van der Waals surface area contributed by atoms with Crippen LogP contribution in [0.5, 0.6) is 0 Å². The second-order valence-electron chi connectivity index (χ2n) is 2.55. The molecule has 0 bridgehead atoms. The van der Waals surface area contributed by atoms with Crippen molar-refractivity contribution in [1.82, 2.24) is 0 Å². The molecule has 0 aliphatic heterocycles. The SMILES string of the molecule is CCCC/C=C\CCC(=O)O. The molecule has 0 aromatic heterocycles. The van der Waals surface area contributed by atoms with Gasteiger partial charge in [0.25, 0.3) is 0 Å². The van der Waals surface area contributed by atoms with Gasteiger partial charge in [-0.15, -0.1) is 0 Å². The summed E-state index contributed by atoms with van der Waals surface area (Å²) >= 11 is 0. The van der Waals surface area contributed by atoms with Crippen molar-refractivity contribution in [2.75, 3.05) is 0 Å². The van der Waals surface area contributed by atoms with Crippen molar-refractivity contribution < 1.29 is 9.90 Å². The predicted molar refractivity (Wildman–Crippen MR) is 45.5 cm³/mol. The van der Waals surface area contributed by atoms with Gasteiger partial charge in [0, 0.05) is 6.42 Å². The standard InChI is InChI=1S/C9H16O2/c1-2-3-4-5-6-7-8-9(10)11/h5-6H,2-4,7-8H2,1H3,(H,10,11)/b6-5-. The summed E-state index contributed by atoms with van der Waals surface area (Å²) in [5.41, 5.74) is 0. The average Bonchev–Trinajstić information content (AvgIpc) is 1.96. The van der Waals surface area contributed by atoms with Gasteiger partial charge >= 0.3 is 5.97 Å². The highest BCUT2D eigenvalue weighted by Gasteiger charge is 1.90. The lowest BCUT2D eigenvalue weighted by molar-refractivity contribution is -0.136. The number of aliphatic carboxylic acids is 1. The molecule has 0 aromatic rings. The lowest BCUT2D eigenvalue weighted by Crippen LogP contribution is -1.91. The van der Waals surface area contributed by atoms with Crippen LogP contribution in [0.15, 0.2) is 12.2 Å². The number of unbranched alkanes of at least 4 members (excludes halogenated alkanes) is 2. The molecule has 0 amide bonds. The fraction of sp³-hybridized carbons (Fsp3) is 0.667. The van der Waals surface area contributed by atoms with E-state index in [0.717, 1.165) is 6.42 Å². The number of hydrogen-bond acceptors (Lipinski definition) is 1. The van der Waals surface area contributed by atoms with Crippen LogP contribution in [0.1, 0.15) is 39.0 Å². The smallest absolute Gasteiger partial charge is 0.303 e. The summed E-state index contributed by atoms with van der Waals surface area (Å²) in [6, 6.07) is 0. The fourth-order valence-electron chi connectivity index (χ4n) is 0.764. The van der Waals surface area contributed by atoms with E-state index in [2.05, 4.69) is 13.0 Å². The van der Waals surface area contributed by atoms with E-state index in [1.807, 2.05) is 6.08 Å². The van der Waals surface area contributed by atoms with E-state index in [0.29, 0.717) is 6.42 Å². The Morgan fingerprint density at radius 3 is 2.55 bits per heavy atom. The van der Waals surface area contributed by atoms with E-state index in [1.54, 1.807) is 0 Å². The summed E-state index contributed by atoms with van der Waals surface area (Å²) in [7, 11) is 0. The number of carboxylic acid groups (broad SMARTS) is 1. The van der Waals surface area contributed by atoms with Crippen molar-refractivity contribution in [3.05, 3.63) is 12.2 Å². The normalized spacial score (nSPS) is 10.6. The molecule has 0 radical (unpaired) electrons. The van der Waals surface area contributed by atoms with Crippen LogP contribution in [0.2, 0.25) is 0 Å². The van der Waals surface area contributed by atoms with E-state index >= 15 is 0 Å². The maximum atomic E-state index is 10.1. The summed E-state index contributed by atoms with van der Waals surface area (Å²) in [4.78, 5) is 10.1. The Morgan fingerprint density at radius 1 is 1.36 bits per heavy atom. The number of carbonyl (C=O) groups is 1. The fourth-order valence-corrected chi connectivity index (χ4v) is 0.764. The van der Waals surface area contributed by atoms with E-state index < -0.39 is 5.97 Å². The third kappa shape index (κ3) is 9.21. The van der Waals surface area contributed by atoms with Crippen LogP contribution in [-0.2, 0) is 4.79 Å². The van der Waals surface area contributed by atoms with E-state index in [4.69, 9.17) is 5.11 Å². The van der Waals surface area contributed by atoms with Crippen molar-refractivity contribution in [1.29, 1.82) is 0 Å². The minimum atomic E-state index is -0.717. The van der Waals surface area contributed by atoms with Crippen molar-refractivity contribution in [2.24, 2.45) is 0 Å². The molecule has 0 saturated carbocycles. The molecule has 1 N–H and O–H groups in total. The summed E-state index contributed by atoms with van der Waals surface area (Å²) in [5.74, 6) is -0.717. The molecule has 0 rings (SSSR count). The molecule has 2 nitrogen and oxygen atoms in total. The Hall–Kier alpha value is -0.790. The van der Waals surface area contributed by atoms with Crippen LogP contribution >= 0.6 is 0 Å². The van der Waals surface area contributed by atoms with Gasteiger partial charge in [0.05, 0.1) is 0 Å². The monoisotopic (exact) mass is 156 g/mol. The molecule has 0 aliphatic rings. The Bertz CT molecular complexity index is 128. The molecule has 0 saturated heterocycles. The van der Waals surface area contributed by atoms with Gasteiger partial charge in [-0.3, -0.25) is 4.79 Å². The summed E-state index contributed by atoms with van der Waals surface area (Å²) in [5, 5.41) is 8.28. The third-order valence-corrected chi connectivity index (χ3v) is 1.42. The van der Waals surface area contributed by atoms with Crippen LogP contribution in [-0.4, -0.2) is 11.1 Å². The van der Waals surface area contributed by atoms with Gasteiger partial charge in [-0.2, -0.15) is 0 Å². The highest BCUT2D eigenvalue weighted by atomic mass is 16.4. The van der Waals surface area contributed by atoms with E-state index in [1.165, 1.54) is 12.8 Å². The molecule has 0 unspecified atom stereocenters.